The van der Waals surface area contributed by atoms with Crippen LogP contribution in [0.15, 0.2) is 30.3 Å². The predicted octanol–water partition coefficient (Wildman–Crippen LogP) is 2.83. The van der Waals surface area contributed by atoms with Gasteiger partial charge in [0.2, 0.25) is 5.91 Å². The van der Waals surface area contributed by atoms with Crippen molar-refractivity contribution in [1.82, 2.24) is 5.32 Å². The molecule has 0 heterocycles. The average molecular weight is 443 g/mol. The molecule has 10 nitrogen and oxygen atoms in total. The van der Waals surface area contributed by atoms with Gasteiger partial charge in [0.05, 0.1) is 23.6 Å². The molecule has 2 N–H and O–H groups in total. The van der Waals surface area contributed by atoms with Crippen LogP contribution in [0.25, 0.3) is 0 Å². The highest BCUT2D eigenvalue weighted by atomic mass is 16.6. The van der Waals surface area contributed by atoms with Gasteiger partial charge in [-0.3, -0.25) is 19.7 Å². The predicted molar refractivity (Wildman–Crippen MR) is 117 cm³/mol. The molecular formula is C22H25N3O7. The summed E-state index contributed by atoms with van der Waals surface area (Å²) >= 11 is 0. The summed E-state index contributed by atoms with van der Waals surface area (Å²) in [5, 5.41) is 16.3. The number of amides is 2. The number of hydrogen-bond donors (Lipinski definition) is 2. The fourth-order valence-corrected chi connectivity index (χ4v) is 3.07. The number of hydrogen-bond acceptors (Lipinski definition) is 7. The SMILES string of the molecule is CCOc1ccc(C(=O)OCC(=O)NCC(=O)Nc2c(C)cc(C)cc2C)cc1[N+](=O)[O-]. The van der Waals surface area contributed by atoms with Gasteiger partial charge in [0, 0.05) is 11.8 Å². The monoisotopic (exact) mass is 443 g/mol. The Morgan fingerprint density at radius 1 is 1.03 bits per heavy atom. The van der Waals surface area contributed by atoms with Gasteiger partial charge in [-0.25, -0.2) is 4.79 Å². The minimum Gasteiger partial charge on any atom is -0.487 e. The first-order chi connectivity index (χ1) is 15.1. The number of nitro benzene ring substituents is 1. The van der Waals surface area contributed by atoms with Gasteiger partial charge in [0.25, 0.3) is 5.91 Å². The number of esters is 1. The van der Waals surface area contributed by atoms with Gasteiger partial charge in [-0.15, -0.1) is 0 Å². The number of aryl methyl sites for hydroxylation is 3. The van der Waals surface area contributed by atoms with E-state index in [2.05, 4.69) is 10.6 Å². The molecule has 0 radical (unpaired) electrons. The van der Waals surface area contributed by atoms with E-state index in [1.165, 1.54) is 12.1 Å². The summed E-state index contributed by atoms with van der Waals surface area (Å²) in [6.45, 7) is 6.65. The second-order valence-electron chi connectivity index (χ2n) is 7.05. The van der Waals surface area contributed by atoms with Gasteiger partial charge in [-0.05, 0) is 51.0 Å². The van der Waals surface area contributed by atoms with Crippen LogP contribution in [0, 0.1) is 30.9 Å². The lowest BCUT2D eigenvalue weighted by molar-refractivity contribution is -0.385. The van der Waals surface area contributed by atoms with Crippen molar-refractivity contribution < 1.29 is 28.8 Å². The van der Waals surface area contributed by atoms with Crippen molar-refractivity contribution in [3.63, 3.8) is 0 Å². The zero-order chi connectivity index (χ0) is 23.8. The van der Waals surface area contributed by atoms with Crippen LogP contribution in [-0.2, 0) is 14.3 Å². The third kappa shape index (κ3) is 6.53. The molecule has 0 aromatic heterocycles. The second kappa shape index (κ2) is 10.9. The van der Waals surface area contributed by atoms with E-state index in [0.29, 0.717) is 5.69 Å². The van der Waals surface area contributed by atoms with E-state index in [-0.39, 0.29) is 30.2 Å². The number of nitrogens with one attached hydrogen (secondary N) is 2. The van der Waals surface area contributed by atoms with Crippen molar-refractivity contribution in [3.8, 4) is 5.75 Å². The van der Waals surface area contributed by atoms with Crippen molar-refractivity contribution in [1.29, 1.82) is 0 Å². The van der Waals surface area contributed by atoms with E-state index >= 15 is 0 Å². The Hall–Kier alpha value is -3.95. The standard InChI is InChI=1S/C22H25N3O7/c1-5-31-18-7-6-16(10-17(18)25(29)30)22(28)32-12-20(27)23-11-19(26)24-21-14(3)8-13(2)9-15(21)4/h6-10H,5,11-12H2,1-4H3,(H,23,27)(H,24,26). The van der Waals surface area contributed by atoms with Crippen molar-refractivity contribution >= 4 is 29.2 Å². The quantitative estimate of drug-likeness (QED) is 0.345. The molecule has 0 unspecified atom stereocenters. The molecule has 0 fully saturated rings. The molecule has 170 valence electrons. The van der Waals surface area contributed by atoms with E-state index in [4.69, 9.17) is 9.47 Å². The third-order valence-electron chi connectivity index (χ3n) is 4.41. The lowest BCUT2D eigenvalue weighted by atomic mass is 10.1. The smallest absolute Gasteiger partial charge is 0.338 e. The summed E-state index contributed by atoms with van der Waals surface area (Å²) in [5.41, 5.74) is 3.07. The zero-order valence-corrected chi connectivity index (χ0v) is 18.3. The maximum atomic E-state index is 12.1. The van der Waals surface area contributed by atoms with Gasteiger partial charge in [-0.2, -0.15) is 0 Å². The van der Waals surface area contributed by atoms with Crippen LogP contribution in [0.3, 0.4) is 0 Å². The highest BCUT2D eigenvalue weighted by Gasteiger charge is 2.20. The maximum absolute atomic E-state index is 12.1. The van der Waals surface area contributed by atoms with Crippen molar-refractivity contribution in [2.75, 3.05) is 25.1 Å². The fraction of sp³-hybridized carbons (Fsp3) is 0.318. The summed E-state index contributed by atoms with van der Waals surface area (Å²) in [5.74, 6) is -2.01. The highest BCUT2D eigenvalue weighted by Crippen LogP contribution is 2.28. The molecule has 2 rings (SSSR count). The Labute approximate surface area is 185 Å². The number of rotatable bonds is 9. The number of ether oxygens (including phenoxy) is 2. The fourth-order valence-electron chi connectivity index (χ4n) is 3.07. The Balaban J connectivity index is 1.88. The minimum atomic E-state index is -0.915. The van der Waals surface area contributed by atoms with E-state index in [9.17, 15) is 24.5 Å². The third-order valence-corrected chi connectivity index (χ3v) is 4.41. The number of anilines is 1. The molecule has 10 heteroatoms. The molecule has 2 aromatic carbocycles. The van der Waals surface area contributed by atoms with Crippen LogP contribution in [0.1, 0.15) is 34.0 Å². The average Bonchev–Trinajstić information content (AvgIpc) is 2.73. The summed E-state index contributed by atoms with van der Waals surface area (Å²) in [6.07, 6.45) is 0. The van der Waals surface area contributed by atoms with Crippen LogP contribution in [0.4, 0.5) is 11.4 Å². The van der Waals surface area contributed by atoms with Gasteiger partial charge in [0.15, 0.2) is 12.4 Å². The lowest BCUT2D eigenvalue weighted by Crippen LogP contribution is -2.35. The number of nitrogens with zero attached hydrogens (tertiary/aromatic N) is 1. The Kier molecular flexibility index (Phi) is 8.28. The van der Waals surface area contributed by atoms with Gasteiger partial charge in [-0.1, -0.05) is 17.7 Å². The largest absolute Gasteiger partial charge is 0.487 e. The van der Waals surface area contributed by atoms with E-state index in [1.807, 2.05) is 32.9 Å². The van der Waals surface area contributed by atoms with E-state index < -0.39 is 29.3 Å². The number of carbonyl (C=O) groups is 3. The van der Waals surface area contributed by atoms with Crippen LogP contribution >= 0.6 is 0 Å². The van der Waals surface area contributed by atoms with Crippen molar-refractivity contribution in [2.24, 2.45) is 0 Å². The van der Waals surface area contributed by atoms with E-state index in [1.54, 1.807) is 6.92 Å². The normalized spacial score (nSPS) is 10.2. The number of benzene rings is 2. The summed E-state index contributed by atoms with van der Waals surface area (Å²) in [4.78, 5) is 46.7. The zero-order valence-electron chi connectivity index (χ0n) is 18.3. The molecule has 0 saturated heterocycles. The number of nitro groups is 1. The lowest BCUT2D eigenvalue weighted by Gasteiger charge is -2.13. The summed E-state index contributed by atoms with van der Waals surface area (Å²) in [6, 6.07) is 7.48. The van der Waals surface area contributed by atoms with Gasteiger partial charge in [0.1, 0.15) is 0 Å². The number of carbonyl (C=O) groups excluding carboxylic acids is 3. The molecular weight excluding hydrogens is 418 g/mol. The van der Waals surface area contributed by atoms with E-state index in [0.717, 1.165) is 22.8 Å². The molecule has 0 aliphatic rings. The molecule has 0 spiro atoms. The highest BCUT2D eigenvalue weighted by molar-refractivity contribution is 5.96. The second-order valence-corrected chi connectivity index (χ2v) is 7.05. The maximum Gasteiger partial charge on any atom is 0.338 e. The molecule has 2 amide bonds. The first-order valence-corrected chi connectivity index (χ1v) is 9.85. The molecule has 2 aromatic rings. The van der Waals surface area contributed by atoms with Gasteiger partial charge >= 0.3 is 11.7 Å². The molecule has 0 aliphatic heterocycles. The molecule has 0 atom stereocenters. The Morgan fingerprint density at radius 3 is 2.28 bits per heavy atom. The first-order valence-electron chi connectivity index (χ1n) is 9.85. The van der Waals surface area contributed by atoms with Gasteiger partial charge < -0.3 is 20.1 Å². The Morgan fingerprint density at radius 2 is 1.69 bits per heavy atom. The van der Waals surface area contributed by atoms with Crippen LogP contribution < -0.4 is 15.4 Å². The first kappa shape index (κ1) is 24.3. The molecule has 32 heavy (non-hydrogen) atoms. The molecule has 0 aliphatic carbocycles. The summed E-state index contributed by atoms with van der Waals surface area (Å²) < 4.78 is 10.0. The summed E-state index contributed by atoms with van der Waals surface area (Å²) in [7, 11) is 0. The molecule has 0 saturated carbocycles. The van der Waals surface area contributed by atoms with Crippen molar-refractivity contribution in [2.45, 2.75) is 27.7 Å². The van der Waals surface area contributed by atoms with Crippen molar-refractivity contribution in [3.05, 3.63) is 62.7 Å². The van der Waals surface area contributed by atoms with Crippen LogP contribution in [0.2, 0.25) is 0 Å². The topological polar surface area (TPSA) is 137 Å². The molecule has 0 bridgehead atoms. The Bertz CT molecular complexity index is 1030. The minimum absolute atomic E-state index is 0.0249. The van der Waals surface area contributed by atoms with Crippen LogP contribution in [-0.4, -0.2) is 42.5 Å². The van der Waals surface area contributed by atoms with Crippen LogP contribution in [0.5, 0.6) is 5.75 Å².